The fraction of sp³-hybridized carbons (Fsp3) is 0.261. The SMILES string of the molecule is Cc1cc(C)n(-c2cc(N3CCN(S(=O)(=O)c4ccc5ccccc5c4)CC3)ncn2)n1. The maximum Gasteiger partial charge on any atom is 0.243 e. The first kappa shape index (κ1) is 20.6. The van der Waals surface area contributed by atoms with Crippen molar-refractivity contribution >= 4 is 26.6 Å². The molecule has 0 saturated carbocycles. The molecule has 0 unspecified atom stereocenters. The van der Waals surface area contributed by atoms with Crippen LogP contribution in [0.25, 0.3) is 16.6 Å². The van der Waals surface area contributed by atoms with Gasteiger partial charge in [-0.05, 0) is 42.8 Å². The Morgan fingerprint density at radius 2 is 1.53 bits per heavy atom. The van der Waals surface area contributed by atoms with Crippen LogP contribution in [0, 0.1) is 13.8 Å². The maximum absolute atomic E-state index is 13.2. The summed E-state index contributed by atoms with van der Waals surface area (Å²) in [6, 6.07) is 17.0. The third-order valence-electron chi connectivity index (χ3n) is 5.79. The molecule has 1 saturated heterocycles. The summed E-state index contributed by atoms with van der Waals surface area (Å²) in [5.41, 5.74) is 1.92. The highest BCUT2D eigenvalue weighted by Gasteiger charge is 2.29. The van der Waals surface area contributed by atoms with Crippen molar-refractivity contribution in [3.05, 3.63) is 72.3 Å². The summed E-state index contributed by atoms with van der Waals surface area (Å²) in [4.78, 5) is 11.2. The van der Waals surface area contributed by atoms with E-state index < -0.39 is 10.0 Å². The normalized spacial score (nSPS) is 15.4. The van der Waals surface area contributed by atoms with E-state index in [9.17, 15) is 8.42 Å². The van der Waals surface area contributed by atoms with E-state index in [4.69, 9.17) is 0 Å². The van der Waals surface area contributed by atoms with Crippen LogP contribution in [-0.4, -0.2) is 58.7 Å². The number of hydrogen-bond acceptors (Lipinski definition) is 6. The number of fused-ring (bicyclic) bond motifs is 1. The average Bonchev–Trinajstić information content (AvgIpc) is 3.16. The summed E-state index contributed by atoms with van der Waals surface area (Å²) >= 11 is 0. The molecule has 8 nitrogen and oxygen atoms in total. The molecule has 1 aliphatic heterocycles. The lowest BCUT2D eigenvalue weighted by molar-refractivity contribution is 0.384. The lowest BCUT2D eigenvalue weighted by atomic mass is 10.1. The quantitative estimate of drug-likeness (QED) is 0.477. The Morgan fingerprint density at radius 1 is 0.812 bits per heavy atom. The summed E-state index contributed by atoms with van der Waals surface area (Å²) in [6.45, 7) is 5.84. The van der Waals surface area contributed by atoms with Gasteiger partial charge in [-0.2, -0.15) is 9.40 Å². The monoisotopic (exact) mass is 448 g/mol. The van der Waals surface area contributed by atoms with Gasteiger partial charge in [0.15, 0.2) is 5.82 Å². The molecule has 32 heavy (non-hydrogen) atoms. The molecule has 2 aromatic heterocycles. The molecule has 1 aliphatic rings. The second kappa shape index (κ2) is 7.99. The van der Waals surface area contributed by atoms with E-state index in [-0.39, 0.29) is 0 Å². The Bertz CT molecular complexity index is 1390. The average molecular weight is 449 g/mol. The van der Waals surface area contributed by atoms with Gasteiger partial charge >= 0.3 is 0 Å². The number of aryl methyl sites for hydroxylation is 2. The number of aromatic nitrogens is 4. The highest BCUT2D eigenvalue weighted by Crippen LogP contribution is 2.24. The van der Waals surface area contributed by atoms with Gasteiger partial charge in [0.1, 0.15) is 12.1 Å². The summed E-state index contributed by atoms with van der Waals surface area (Å²) in [7, 11) is -3.55. The van der Waals surface area contributed by atoms with Crippen LogP contribution in [0.3, 0.4) is 0 Å². The topological polar surface area (TPSA) is 84.2 Å². The molecule has 0 bridgehead atoms. The first-order chi connectivity index (χ1) is 15.4. The molecule has 2 aromatic carbocycles. The van der Waals surface area contributed by atoms with Crippen molar-refractivity contribution < 1.29 is 8.42 Å². The highest BCUT2D eigenvalue weighted by molar-refractivity contribution is 7.89. The molecule has 0 spiro atoms. The smallest absolute Gasteiger partial charge is 0.243 e. The van der Waals surface area contributed by atoms with Crippen molar-refractivity contribution in [3.8, 4) is 5.82 Å². The van der Waals surface area contributed by atoms with E-state index in [1.165, 1.54) is 6.33 Å². The van der Waals surface area contributed by atoms with Gasteiger partial charge in [0, 0.05) is 37.9 Å². The zero-order chi connectivity index (χ0) is 22.3. The molecule has 3 heterocycles. The predicted molar refractivity (Wildman–Crippen MR) is 124 cm³/mol. The van der Waals surface area contributed by atoms with Gasteiger partial charge < -0.3 is 4.90 Å². The third-order valence-corrected chi connectivity index (χ3v) is 7.68. The molecule has 0 atom stereocenters. The van der Waals surface area contributed by atoms with Crippen LogP contribution < -0.4 is 4.90 Å². The van der Waals surface area contributed by atoms with E-state index in [0.29, 0.717) is 36.9 Å². The van der Waals surface area contributed by atoms with Crippen LogP contribution in [-0.2, 0) is 10.0 Å². The van der Waals surface area contributed by atoms with Crippen molar-refractivity contribution in [1.29, 1.82) is 0 Å². The molecule has 5 rings (SSSR count). The minimum atomic E-state index is -3.55. The second-order valence-corrected chi connectivity index (χ2v) is 9.91. The van der Waals surface area contributed by atoms with Crippen LogP contribution in [0.5, 0.6) is 0 Å². The largest absolute Gasteiger partial charge is 0.354 e. The van der Waals surface area contributed by atoms with Gasteiger partial charge in [0.05, 0.1) is 10.6 Å². The minimum Gasteiger partial charge on any atom is -0.354 e. The van der Waals surface area contributed by atoms with E-state index in [1.807, 2.05) is 56.3 Å². The maximum atomic E-state index is 13.2. The Kier molecular flexibility index (Phi) is 5.15. The zero-order valence-electron chi connectivity index (χ0n) is 18.0. The van der Waals surface area contributed by atoms with Crippen LogP contribution in [0.15, 0.2) is 65.8 Å². The van der Waals surface area contributed by atoms with Crippen molar-refractivity contribution in [2.45, 2.75) is 18.7 Å². The van der Waals surface area contributed by atoms with Gasteiger partial charge in [-0.25, -0.2) is 23.1 Å². The van der Waals surface area contributed by atoms with Gasteiger partial charge in [-0.3, -0.25) is 0 Å². The fourth-order valence-corrected chi connectivity index (χ4v) is 5.58. The summed E-state index contributed by atoms with van der Waals surface area (Å²) in [5.74, 6) is 1.47. The number of rotatable bonds is 4. The van der Waals surface area contributed by atoms with Crippen LogP contribution in [0.4, 0.5) is 5.82 Å². The summed E-state index contributed by atoms with van der Waals surface area (Å²) in [5, 5.41) is 6.43. The number of anilines is 1. The summed E-state index contributed by atoms with van der Waals surface area (Å²) in [6.07, 6.45) is 1.53. The van der Waals surface area contributed by atoms with Gasteiger partial charge in [0.2, 0.25) is 10.0 Å². The first-order valence-corrected chi connectivity index (χ1v) is 12.0. The van der Waals surface area contributed by atoms with Crippen LogP contribution >= 0.6 is 0 Å². The van der Waals surface area contributed by atoms with Gasteiger partial charge in [-0.15, -0.1) is 0 Å². The molecule has 0 amide bonds. The lowest BCUT2D eigenvalue weighted by Gasteiger charge is -2.34. The molecule has 0 radical (unpaired) electrons. The first-order valence-electron chi connectivity index (χ1n) is 10.5. The molecule has 0 aliphatic carbocycles. The minimum absolute atomic E-state index is 0.332. The van der Waals surface area contributed by atoms with E-state index >= 15 is 0 Å². The molecule has 1 fully saturated rings. The third kappa shape index (κ3) is 3.74. The molecule has 0 N–H and O–H groups in total. The number of piperazine rings is 1. The highest BCUT2D eigenvalue weighted by atomic mass is 32.2. The predicted octanol–water partition coefficient (Wildman–Crippen LogP) is 2.94. The zero-order valence-corrected chi connectivity index (χ0v) is 18.8. The molecule has 4 aromatic rings. The Morgan fingerprint density at radius 3 is 2.25 bits per heavy atom. The number of nitrogens with zero attached hydrogens (tertiary/aromatic N) is 6. The standard InChI is InChI=1S/C23H24N6O2S/c1-17-13-18(2)29(26-17)23-15-22(24-16-25-23)27-9-11-28(12-10-27)32(30,31)21-8-7-19-5-3-4-6-20(19)14-21/h3-8,13-16H,9-12H2,1-2H3. The Balaban J connectivity index is 1.33. The van der Waals surface area contributed by atoms with Crippen LogP contribution in [0.2, 0.25) is 0 Å². The van der Waals surface area contributed by atoms with Crippen molar-refractivity contribution in [1.82, 2.24) is 24.1 Å². The fourth-order valence-electron chi connectivity index (χ4n) is 4.12. The molecule has 164 valence electrons. The number of benzene rings is 2. The van der Waals surface area contributed by atoms with Gasteiger partial charge in [-0.1, -0.05) is 30.3 Å². The van der Waals surface area contributed by atoms with Crippen LogP contribution in [0.1, 0.15) is 11.4 Å². The lowest BCUT2D eigenvalue weighted by Crippen LogP contribution is -2.49. The van der Waals surface area contributed by atoms with E-state index in [1.54, 1.807) is 21.1 Å². The number of sulfonamides is 1. The number of hydrogen-bond donors (Lipinski definition) is 0. The Labute approximate surface area is 187 Å². The summed E-state index contributed by atoms with van der Waals surface area (Å²) < 4.78 is 29.8. The van der Waals surface area contributed by atoms with Crippen molar-refractivity contribution in [2.75, 3.05) is 31.1 Å². The van der Waals surface area contributed by atoms with Crippen molar-refractivity contribution in [3.63, 3.8) is 0 Å². The molecule has 9 heteroatoms. The molecular formula is C23H24N6O2S. The Hall–Kier alpha value is -3.30. The van der Waals surface area contributed by atoms with Gasteiger partial charge in [0.25, 0.3) is 0 Å². The van der Waals surface area contributed by atoms with E-state index in [2.05, 4.69) is 20.0 Å². The van der Waals surface area contributed by atoms with E-state index in [0.717, 1.165) is 28.0 Å². The molecular weight excluding hydrogens is 424 g/mol. The van der Waals surface area contributed by atoms with Crippen molar-refractivity contribution in [2.24, 2.45) is 0 Å². The second-order valence-electron chi connectivity index (χ2n) is 7.97.